The lowest BCUT2D eigenvalue weighted by molar-refractivity contribution is -0.137. The molecule has 5 rings (SSSR count). The van der Waals surface area contributed by atoms with E-state index in [0.717, 1.165) is 17.7 Å². The van der Waals surface area contributed by atoms with Crippen LogP contribution in [0.2, 0.25) is 0 Å². The largest absolute Gasteiger partial charge is 0.454 e. The topological polar surface area (TPSA) is 78.6 Å². The van der Waals surface area contributed by atoms with Gasteiger partial charge in [-0.2, -0.15) is 13.2 Å². The third-order valence-corrected chi connectivity index (χ3v) is 6.37. The number of amides is 1. The van der Waals surface area contributed by atoms with E-state index in [1.54, 1.807) is 30.3 Å². The van der Waals surface area contributed by atoms with Crippen molar-refractivity contribution >= 4 is 11.7 Å². The van der Waals surface area contributed by atoms with Gasteiger partial charge in [0.1, 0.15) is 5.78 Å². The van der Waals surface area contributed by atoms with Crippen molar-refractivity contribution in [3.8, 4) is 22.6 Å². The molecule has 1 aliphatic carbocycles. The molecule has 2 N–H and O–H groups in total. The Bertz CT molecular complexity index is 1320. The smallest absolute Gasteiger partial charge is 0.416 e. The zero-order chi connectivity index (χ0) is 24.1. The van der Waals surface area contributed by atoms with Crippen LogP contribution in [0.1, 0.15) is 42.7 Å². The highest BCUT2D eigenvalue weighted by Crippen LogP contribution is 2.51. The molecule has 3 aromatic carbocycles. The number of hydrogen-bond acceptors (Lipinski definition) is 4. The second-order valence-corrected chi connectivity index (χ2v) is 8.61. The number of Topliss-reactive ketones (excluding diaryl/α,β-unsaturated/α-hetero) is 1. The van der Waals surface area contributed by atoms with Crippen LogP contribution in [0.3, 0.4) is 0 Å². The SMILES string of the molecule is NC(=O)c1cccc(-c2cc(CC(=O)C3(c4ccc5c(c4)OCO5)CC3)cc(C(F)(F)F)c2)c1.[HH].[HH]. The van der Waals surface area contributed by atoms with E-state index in [1.807, 2.05) is 6.07 Å². The lowest BCUT2D eigenvalue weighted by Crippen LogP contribution is -2.22. The van der Waals surface area contributed by atoms with Crippen LogP contribution in [0.25, 0.3) is 11.1 Å². The van der Waals surface area contributed by atoms with Crippen LogP contribution in [0, 0.1) is 0 Å². The molecular formula is C26H24F3NO4. The molecule has 0 spiro atoms. The van der Waals surface area contributed by atoms with Gasteiger partial charge in [-0.15, -0.1) is 0 Å². The van der Waals surface area contributed by atoms with Crippen molar-refractivity contribution in [1.82, 2.24) is 0 Å². The van der Waals surface area contributed by atoms with Crippen molar-refractivity contribution < 1.29 is 35.1 Å². The van der Waals surface area contributed by atoms with Crippen LogP contribution in [0.15, 0.2) is 60.7 Å². The molecule has 8 heteroatoms. The molecule has 2 aliphatic rings. The molecule has 1 heterocycles. The predicted octanol–water partition coefficient (Wildman–Crippen LogP) is 5.54. The Labute approximate surface area is 196 Å². The van der Waals surface area contributed by atoms with E-state index < -0.39 is 23.1 Å². The second kappa shape index (κ2) is 7.90. The molecule has 1 amide bonds. The lowest BCUT2D eigenvalue weighted by atomic mass is 9.86. The van der Waals surface area contributed by atoms with Crippen LogP contribution in [-0.2, 0) is 22.8 Å². The summed E-state index contributed by atoms with van der Waals surface area (Å²) in [5.74, 6) is 0.339. The van der Waals surface area contributed by atoms with E-state index in [2.05, 4.69) is 0 Å². The van der Waals surface area contributed by atoms with E-state index in [1.165, 1.54) is 12.1 Å². The normalized spacial score (nSPS) is 15.7. The first kappa shape index (κ1) is 22.0. The fourth-order valence-electron chi connectivity index (χ4n) is 4.38. The summed E-state index contributed by atoms with van der Waals surface area (Å²) >= 11 is 0. The second-order valence-electron chi connectivity index (χ2n) is 8.61. The zero-order valence-corrected chi connectivity index (χ0v) is 17.9. The van der Waals surface area contributed by atoms with Crippen molar-refractivity contribution in [1.29, 1.82) is 0 Å². The van der Waals surface area contributed by atoms with Crippen LogP contribution < -0.4 is 15.2 Å². The lowest BCUT2D eigenvalue weighted by Gasteiger charge is -2.17. The van der Waals surface area contributed by atoms with Gasteiger partial charge < -0.3 is 15.2 Å². The summed E-state index contributed by atoms with van der Waals surface area (Å²) in [6.45, 7) is 0.115. The minimum atomic E-state index is -4.59. The molecule has 0 unspecified atom stereocenters. The molecule has 178 valence electrons. The first-order chi connectivity index (χ1) is 16.2. The fraction of sp³-hybridized carbons (Fsp3) is 0.231. The number of fused-ring (bicyclic) bond motifs is 1. The maximum Gasteiger partial charge on any atom is 0.416 e. The van der Waals surface area contributed by atoms with Crippen molar-refractivity contribution in [2.45, 2.75) is 30.9 Å². The average molecular weight is 471 g/mol. The highest BCUT2D eigenvalue weighted by molar-refractivity contribution is 5.95. The fourth-order valence-corrected chi connectivity index (χ4v) is 4.38. The van der Waals surface area contributed by atoms with Crippen molar-refractivity contribution in [2.24, 2.45) is 5.73 Å². The number of hydrogen-bond donors (Lipinski definition) is 1. The molecule has 1 aliphatic heterocycles. The minimum Gasteiger partial charge on any atom is -0.454 e. The first-order valence-electron chi connectivity index (χ1n) is 10.7. The Hall–Kier alpha value is -3.81. The summed E-state index contributed by atoms with van der Waals surface area (Å²) in [4.78, 5) is 24.9. The number of nitrogens with two attached hydrogens (primary N) is 1. The molecule has 5 nitrogen and oxygen atoms in total. The molecule has 1 saturated carbocycles. The Kier molecular flexibility index (Phi) is 5.11. The molecule has 3 aromatic rings. The molecule has 0 bridgehead atoms. The number of carbonyl (C=O) groups excluding carboxylic acids is 2. The van der Waals surface area contributed by atoms with Gasteiger partial charge in [-0.3, -0.25) is 9.59 Å². The number of primary amides is 1. The van der Waals surface area contributed by atoms with Crippen molar-refractivity contribution in [3.05, 3.63) is 82.9 Å². The summed E-state index contributed by atoms with van der Waals surface area (Å²) < 4.78 is 51.7. The monoisotopic (exact) mass is 471 g/mol. The summed E-state index contributed by atoms with van der Waals surface area (Å²) in [6.07, 6.45) is -3.50. The van der Waals surface area contributed by atoms with Gasteiger partial charge in [0.2, 0.25) is 12.7 Å². The molecule has 0 atom stereocenters. The maximum atomic E-state index is 13.7. The number of alkyl halides is 3. The predicted molar refractivity (Wildman–Crippen MR) is 122 cm³/mol. The van der Waals surface area contributed by atoms with Crippen LogP contribution in [0.4, 0.5) is 13.2 Å². The summed E-state index contributed by atoms with van der Waals surface area (Å²) in [5, 5.41) is 0. The van der Waals surface area contributed by atoms with Crippen LogP contribution >= 0.6 is 0 Å². The molecule has 0 aromatic heterocycles. The Balaban J connectivity index is 0.00000180. The number of ether oxygens (including phenoxy) is 2. The maximum absolute atomic E-state index is 13.7. The van der Waals surface area contributed by atoms with Gasteiger partial charge in [0.25, 0.3) is 0 Å². The van der Waals surface area contributed by atoms with E-state index in [9.17, 15) is 22.8 Å². The van der Waals surface area contributed by atoms with Gasteiger partial charge in [-0.05, 0) is 71.5 Å². The number of halogens is 3. The summed E-state index contributed by atoms with van der Waals surface area (Å²) in [6, 6.07) is 15.0. The van der Waals surface area contributed by atoms with Gasteiger partial charge in [0.05, 0.1) is 11.0 Å². The quantitative estimate of drug-likeness (QED) is 0.512. The number of rotatable bonds is 6. The highest BCUT2D eigenvalue weighted by atomic mass is 19.4. The minimum absolute atomic E-state index is 0. The van der Waals surface area contributed by atoms with Gasteiger partial charge in [-0.1, -0.05) is 24.3 Å². The van der Waals surface area contributed by atoms with Gasteiger partial charge in [-0.25, -0.2) is 0 Å². The van der Waals surface area contributed by atoms with E-state index in [-0.39, 0.29) is 38.5 Å². The average Bonchev–Trinajstić information content (AvgIpc) is 3.49. The van der Waals surface area contributed by atoms with Gasteiger partial charge >= 0.3 is 6.18 Å². The third kappa shape index (κ3) is 4.00. The Morgan fingerprint density at radius 1 is 0.941 bits per heavy atom. The van der Waals surface area contributed by atoms with E-state index in [0.29, 0.717) is 29.9 Å². The molecule has 1 fully saturated rings. The Morgan fingerprint density at radius 2 is 1.71 bits per heavy atom. The molecule has 34 heavy (non-hydrogen) atoms. The summed E-state index contributed by atoms with van der Waals surface area (Å²) in [5.41, 5.74) is 5.62. The highest BCUT2D eigenvalue weighted by Gasteiger charge is 2.51. The zero-order valence-electron chi connectivity index (χ0n) is 17.9. The van der Waals surface area contributed by atoms with Crippen LogP contribution in [0.5, 0.6) is 11.5 Å². The van der Waals surface area contributed by atoms with E-state index in [4.69, 9.17) is 15.2 Å². The molecule has 0 radical (unpaired) electrons. The number of carbonyl (C=O) groups is 2. The van der Waals surface area contributed by atoms with Gasteiger partial charge in [0, 0.05) is 14.8 Å². The molecule has 0 saturated heterocycles. The summed E-state index contributed by atoms with van der Waals surface area (Å²) in [7, 11) is 0. The van der Waals surface area contributed by atoms with Gasteiger partial charge in [0.15, 0.2) is 11.5 Å². The molecular weight excluding hydrogens is 447 g/mol. The van der Waals surface area contributed by atoms with Crippen molar-refractivity contribution in [3.63, 3.8) is 0 Å². The number of ketones is 1. The van der Waals surface area contributed by atoms with E-state index >= 15 is 0 Å². The van der Waals surface area contributed by atoms with Crippen molar-refractivity contribution in [2.75, 3.05) is 6.79 Å². The number of benzene rings is 3. The Morgan fingerprint density at radius 3 is 2.41 bits per heavy atom. The standard InChI is InChI=1S/C26H20F3NO4.2H2/c27-26(28,29)20-9-15(8-18(12-20)16-2-1-3-17(11-16)24(30)32)10-23(31)25(6-7-25)19-4-5-21-22(13-19)34-14-33-21;;/h1-5,8-9,11-13H,6-7,10,14H2,(H2,30,32);2*1H. The first-order valence-corrected chi connectivity index (χ1v) is 10.7. The van der Waals surface area contributed by atoms with Crippen LogP contribution in [-0.4, -0.2) is 18.5 Å². The third-order valence-electron chi connectivity index (χ3n) is 6.37.